The van der Waals surface area contributed by atoms with Crippen molar-refractivity contribution in [3.05, 3.63) is 314 Å². The van der Waals surface area contributed by atoms with Gasteiger partial charge in [-0.15, -0.1) is 0 Å². The van der Waals surface area contributed by atoms with E-state index in [-0.39, 0.29) is 0 Å². The van der Waals surface area contributed by atoms with Crippen LogP contribution in [0.25, 0.3) is 57.7 Å². The Bertz CT molecular complexity index is 4290. The first kappa shape index (κ1) is 46.4. The molecule has 0 unspecified atom stereocenters. The summed E-state index contributed by atoms with van der Waals surface area (Å²) < 4.78 is 0. The van der Waals surface area contributed by atoms with Gasteiger partial charge in [0.15, 0.2) is 0 Å². The van der Waals surface area contributed by atoms with Gasteiger partial charge in [-0.1, -0.05) is 108 Å². The van der Waals surface area contributed by atoms with E-state index in [4.69, 9.17) is 9.97 Å². The third kappa shape index (κ3) is 9.57. The number of aryl methyl sites for hydroxylation is 2. The first-order valence-electron chi connectivity index (χ1n) is 25.7. The molecule has 77 heavy (non-hydrogen) atoms. The van der Waals surface area contributed by atoms with Gasteiger partial charge in [0, 0.05) is 114 Å². The summed E-state index contributed by atoms with van der Waals surface area (Å²) in [5.41, 5.74) is 21.0. The van der Waals surface area contributed by atoms with E-state index in [0.717, 1.165) is 129 Å². The zero-order chi connectivity index (χ0) is 51.7. The molecule has 4 N–H and O–H groups in total. The highest BCUT2D eigenvalue weighted by molar-refractivity contribution is 5.84. The molecular weight excluding hydrogens is 943 g/mol. The van der Waals surface area contributed by atoms with Crippen molar-refractivity contribution in [2.45, 2.75) is 13.8 Å². The molecule has 9 nitrogen and oxygen atoms in total. The van der Waals surface area contributed by atoms with Gasteiger partial charge in [-0.2, -0.15) is 0 Å². The van der Waals surface area contributed by atoms with Crippen LogP contribution in [0.4, 0.5) is 17.1 Å². The van der Waals surface area contributed by atoms with Crippen molar-refractivity contribution in [3.63, 3.8) is 0 Å². The van der Waals surface area contributed by atoms with Gasteiger partial charge < -0.3 is 24.8 Å². The fourth-order valence-corrected chi connectivity index (χ4v) is 10.1. The SMILES string of the molecule is Cc1ccc(N(c2ccc(C)cc2)c2ccc(C=Cc3ccc(C4=c5ccc([nH]5)=C(c5ccc(-c6ccccn6)nc5)c5ccc([nH]5)C=c5ccc([nH]5)=C(c5ccc(-c6ccccn6)nc5)c5ccc4[nH]5)cc3)cc2)cc1. The topological polar surface area (TPSA) is 118 Å². The molecule has 9 heterocycles. The fourth-order valence-electron chi connectivity index (χ4n) is 10.1. The Balaban J connectivity index is 0.907. The predicted molar refractivity (Wildman–Crippen MR) is 311 cm³/mol. The lowest BCUT2D eigenvalue weighted by molar-refractivity contribution is 1.18. The standard InChI is InChI=1S/C68H51N9/c1-44-9-25-53(26-10-44)77(54-27-11-45(2)12-28-54)55-29-17-47(18-30-55)14-13-46-15-19-48(20-16-46)66-62-35-37-64(75-62)67(49-21-31-58(71-42-49)56-7-3-5-39-69-56)60-33-23-51(73-60)41-52-24-34-61(74-52)68(65-38-36-63(66)76-65)50-22-32-59(72-43-50)57-8-4-6-40-70-57/h3-43,73-76H,1-2H3. The van der Waals surface area contributed by atoms with Gasteiger partial charge in [-0.25, -0.2) is 0 Å². The van der Waals surface area contributed by atoms with Crippen LogP contribution < -0.4 is 26.3 Å². The number of pyridine rings is 4. The molecule has 9 heteroatoms. The summed E-state index contributed by atoms with van der Waals surface area (Å²) in [4.78, 5) is 36.5. The summed E-state index contributed by atoms with van der Waals surface area (Å²) in [6.07, 6.45) is 13.9. The molecule has 0 saturated carbocycles. The van der Waals surface area contributed by atoms with Crippen molar-refractivity contribution in [3.8, 4) is 22.8 Å². The van der Waals surface area contributed by atoms with Crippen molar-refractivity contribution in [2.24, 2.45) is 0 Å². The minimum absolute atomic E-state index is 0.808. The van der Waals surface area contributed by atoms with Crippen LogP contribution >= 0.6 is 0 Å². The number of hydrogen-bond acceptors (Lipinski definition) is 5. The highest BCUT2D eigenvalue weighted by Crippen LogP contribution is 2.35. The summed E-state index contributed by atoms with van der Waals surface area (Å²) >= 11 is 0. The van der Waals surface area contributed by atoms with Gasteiger partial charge in [-0.3, -0.25) is 19.9 Å². The quantitative estimate of drug-likeness (QED) is 0.102. The number of fused-ring (bicyclic) bond motifs is 8. The van der Waals surface area contributed by atoms with Crippen LogP contribution in [-0.4, -0.2) is 39.9 Å². The summed E-state index contributed by atoms with van der Waals surface area (Å²) in [6, 6.07) is 72.2. The lowest BCUT2D eigenvalue weighted by atomic mass is 10.0. The Morgan fingerprint density at radius 3 is 1.30 bits per heavy atom. The molecule has 0 fully saturated rings. The summed E-state index contributed by atoms with van der Waals surface area (Å²) in [5, 5.41) is 3.80. The van der Waals surface area contributed by atoms with Crippen molar-refractivity contribution in [2.75, 3.05) is 4.90 Å². The monoisotopic (exact) mass is 993 g/mol. The molecule has 1 aliphatic rings. The van der Waals surface area contributed by atoms with Crippen LogP contribution in [-0.2, 0) is 0 Å². The number of aromatic amines is 4. The summed E-state index contributed by atoms with van der Waals surface area (Å²) in [5.74, 6) is 0. The van der Waals surface area contributed by atoms with E-state index in [1.165, 1.54) is 11.1 Å². The van der Waals surface area contributed by atoms with Crippen LogP contribution in [0.2, 0.25) is 0 Å². The van der Waals surface area contributed by atoms with Crippen LogP contribution in [0.3, 0.4) is 0 Å². The largest absolute Gasteiger partial charge is 0.355 e. The highest BCUT2D eigenvalue weighted by Gasteiger charge is 2.18. The zero-order valence-corrected chi connectivity index (χ0v) is 42.4. The number of H-pyrrole nitrogens is 4. The van der Waals surface area contributed by atoms with Crippen molar-refractivity contribution in [1.29, 1.82) is 0 Å². The molecule has 8 aromatic heterocycles. The molecular formula is C68H51N9. The van der Waals surface area contributed by atoms with E-state index in [1.54, 1.807) is 12.4 Å². The number of aromatic nitrogens is 8. The number of rotatable bonds is 10. The number of benzene rings is 4. The van der Waals surface area contributed by atoms with Gasteiger partial charge in [-0.05, 0) is 158 Å². The number of hydrogen-bond donors (Lipinski definition) is 4. The number of nitrogens with zero attached hydrogens (tertiary/aromatic N) is 5. The Kier molecular flexibility index (Phi) is 12.1. The lowest BCUT2D eigenvalue weighted by Gasteiger charge is -2.25. The molecule has 0 spiro atoms. The Morgan fingerprint density at radius 1 is 0.351 bits per heavy atom. The Hall–Kier alpha value is -10.4. The molecule has 0 radical (unpaired) electrons. The molecule has 8 bridgehead atoms. The van der Waals surface area contributed by atoms with Gasteiger partial charge >= 0.3 is 0 Å². The van der Waals surface area contributed by atoms with E-state index in [9.17, 15) is 0 Å². The maximum absolute atomic E-state index is 4.92. The first-order chi connectivity index (χ1) is 37.9. The van der Waals surface area contributed by atoms with E-state index in [0.29, 0.717) is 0 Å². The second-order valence-corrected chi connectivity index (χ2v) is 19.3. The van der Waals surface area contributed by atoms with E-state index in [1.807, 2.05) is 60.9 Å². The van der Waals surface area contributed by atoms with Crippen molar-refractivity contribution in [1.82, 2.24) is 39.9 Å². The average molecular weight is 994 g/mol. The van der Waals surface area contributed by atoms with Gasteiger partial charge in [0.05, 0.1) is 22.8 Å². The molecule has 13 rings (SSSR count). The van der Waals surface area contributed by atoms with Crippen molar-refractivity contribution >= 4 is 52.0 Å². The maximum Gasteiger partial charge on any atom is 0.0886 e. The Morgan fingerprint density at radius 2 is 0.792 bits per heavy atom. The smallest absolute Gasteiger partial charge is 0.0886 e. The summed E-state index contributed by atoms with van der Waals surface area (Å²) in [6.45, 7) is 4.24. The fraction of sp³-hybridized carbons (Fsp3) is 0.0294. The molecule has 368 valence electrons. The normalized spacial score (nSPS) is 12.3. The van der Waals surface area contributed by atoms with Crippen LogP contribution in [0.1, 0.15) is 61.7 Å². The molecule has 4 aromatic carbocycles. The van der Waals surface area contributed by atoms with Gasteiger partial charge in [0.25, 0.3) is 0 Å². The van der Waals surface area contributed by atoms with E-state index >= 15 is 0 Å². The van der Waals surface area contributed by atoms with Crippen LogP contribution in [0.5, 0.6) is 0 Å². The molecule has 0 saturated heterocycles. The van der Waals surface area contributed by atoms with Crippen LogP contribution in [0.15, 0.2) is 231 Å². The molecule has 0 amide bonds. The maximum atomic E-state index is 4.92. The molecule has 0 aliphatic carbocycles. The van der Waals surface area contributed by atoms with E-state index < -0.39 is 0 Å². The minimum Gasteiger partial charge on any atom is -0.355 e. The molecule has 0 atom stereocenters. The first-order valence-corrected chi connectivity index (χ1v) is 25.7. The van der Waals surface area contributed by atoms with Gasteiger partial charge in [0.2, 0.25) is 0 Å². The zero-order valence-electron chi connectivity index (χ0n) is 42.4. The minimum atomic E-state index is 0.808. The second kappa shape index (κ2) is 20.1. The predicted octanol–water partition coefficient (Wildman–Crippen LogP) is 12.1. The third-order valence-corrected chi connectivity index (χ3v) is 14.1. The van der Waals surface area contributed by atoms with E-state index in [2.05, 4.69) is 225 Å². The Labute approximate surface area is 445 Å². The average Bonchev–Trinajstić information content (AvgIpc) is 4.38. The highest BCUT2D eigenvalue weighted by atomic mass is 15.1. The second-order valence-electron chi connectivity index (χ2n) is 19.3. The van der Waals surface area contributed by atoms with Gasteiger partial charge in [0.1, 0.15) is 0 Å². The molecule has 1 aliphatic heterocycles. The lowest BCUT2D eigenvalue weighted by Crippen LogP contribution is -2.18. The van der Waals surface area contributed by atoms with Crippen LogP contribution in [0, 0.1) is 13.8 Å². The number of nitrogens with one attached hydrogen (secondary N) is 4. The molecule has 12 aromatic rings. The number of anilines is 3. The third-order valence-electron chi connectivity index (χ3n) is 14.1. The van der Waals surface area contributed by atoms with Crippen molar-refractivity contribution < 1.29 is 0 Å². The summed E-state index contributed by atoms with van der Waals surface area (Å²) in [7, 11) is 0.